The van der Waals surface area contributed by atoms with Crippen molar-refractivity contribution in [1.29, 1.82) is 0 Å². The summed E-state index contributed by atoms with van der Waals surface area (Å²) < 4.78 is 2.81. The molecule has 0 aliphatic carbocycles. The molecule has 0 aliphatic rings. The van der Waals surface area contributed by atoms with Crippen molar-refractivity contribution in [2.75, 3.05) is 0 Å². The fourth-order valence-corrected chi connectivity index (χ4v) is 1.06. The van der Waals surface area contributed by atoms with Gasteiger partial charge in [-0.15, -0.1) is 0 Å². The second kappa shape index (κ2) is 3.16. The summed E-state index contributed by atoms with van der Waals surface area (Å²) in [5, 5.41) is 4.05. The highest BCUT2D eigenvalue weighted by atomic mass is 79.9. The molecule has 0 radical (unpaired) electrons. The van der Waals surface area contributed by atoms with Gasteiger partial charge in [0, 0.05) is 12.2 Å². The van der Waals surface area contributed by atoms with Gasteiger partial charge in [-0.3, -0.25) is 4.68 Å². The quantitative estimate of drug-likeness (QED) is 0.780. The monoisotopic (exact) mass is 203 g/mol. The summed E-state index contributed by atoms with van der Waals surface area (Å²) >= 11 is 3.30. The van der Waals surface area contributed by atoms with Gasteiger partial charge >= 0.3 is 0 Å². The molecule has 1 aromatic rings. The minimum Gasteiger partial charge on any atom is -0.326 e. The molecule has 1 aromatic heterocycles. The Morgan fingerprint density at radius 3 is 3.00 bits per heavy atom. The molecule has 0 spiro atoms. The summed E-state index contributed by atoms with van der Waals surface area (Å²) in [6.07, 6.45) is 3.66. The number of nitrogens with two attached hydrogens (primary N) is 1. The predicted octanol–water partition coefficient (Wildman–Crippen LogP) is 0.993. The van der Waals surface area contributed by atoms with E-state index in [0.717, 1.165) is 11.0 Å². The molecule has 1 unspecified atom stereocenters. The Morgan fingerprint density at radius 2 is 2.60 bits per heavy atom. The average Bonchev–Trinajstić information content (AvgIpc) is 2.13. The normalized spacial score (nSPS) is 13.5. The fourth-order valence-electron chi connectivity index (χ4n) is 0.733. The maximum Gasteiger partial charge on any atom is 0.0632 e. The SMILES string of the molecule is CC(N)Cn1cc(Br)cn1. The fraction of sp³-hybridized carbons (Fsp3) is 0.500. The van der Waals surface area contributed by atoms with Crippen LogP contribution in [-0.2, 0) is 6.54 Å². The number of rotatable bonds is 2. The average molecular weight is 204 g/mol. The van der Waals surface area contributed by atoms with E-state index in [-0.39, 0.29) is 6.04 Å². The Morgan fingerprint density at radius 1 is 1.90 bits per heavy atom. The van der Waals surface area contributed by atoms with Crippen LogP contribution in [0.15, 0.2) is 16.9 Å². The topological polar surface area (TPSA) is 43.8 Å². The molecular weight excluding hydrogens is 194 g/mol. The van der Waals surface area contributed by atoms with Crippen LogP contribution in [0.25, 0.3) is 0 Å². The Bertz CT molecular complexity index is 207. The summed E-state index contributed by atoms with van der Waals surface area (Å²) in [4.78, 5) is 0. The number of hydrogen-bond acceptors (Lipinski definition) is 2. The van der Waals surface area contributed by atoms with Crippen LogP contribution in [0.2, 0.25) is 0 Å². The van der Waals surface area contributed by atoms with Crippen molar-refractivity contribution in [2.24, 2.45) is 5.73 Å². The highest BCUT2D eigenvalue weighted by Crippen LogP contribution is 2.05. The minimum absolute atomic E-state index is 0.159. The van der Waals surface area contributed by atoms with Gasteiger partial charge < -0.3 is 5.73 Å². The lowest BCUT2D eigenvalue weighted by molar-refractivity contribution is 0.538. The van der Waals surface area contributed by atoms with Crippen molar-refractivity contribution in [1.82, 2.24) is 9.78 Å². The van der Waals surface area contributed by atoms with E-state index in [9.17, 15) is 0 Å². The Balaban J connectivity index is 2.58. The van der Waals surface area contributed by atoms with E-state index in [2.05, 4.69) is 21.0 Å². The van der Waals surface area contributed by atoms with Gasteiger partial charge in [0.05, 0.1) is 17.2 Å². The van der Waals surface area contributed by atoms with Gasteiger partial charge in [-0.05, 0) is 22.9 Å². The van der Waals surface area contributed by atoms with E-state index >= 15 is 0 Å². The maximum absolute atomic E-state index is 5.56. The van der Waals surface area contributed by atoms with Gasteiger partial charge in [0.1, 0.15) is 0 Å². The van der Waals surface area contributed by atoms with Gasteiger partial charge in [0.2, 0.25) is 0 Å². The molecule has 1 rings (SSSR count). The van der Waals surface area contributed by atoms with Crippen molar-refractivity contribution in [2.45, 2.75) is 19.5 Å². The Hall–Kier alpha value is -0.350. The highest BCUT2D eigenvalue weighted by molar-refractivity contribution is 9.10. The molecule has 3 nitrogen and oxygen atoms in total. The zero-order valence-corrected chi connectivity index (χ0v) is 7.37. The van der Waals surface area contributed by atoms with E-state index in [0.29, 0.717) is 0 Å². The van der Waals surface area contributed by atoms with Crippen LogP contribution in [0.3, 0.4) is 0 Å². The maximum atomic E-state index is 5.56. The molecule has 2 N–H and O–H groups in total. The van der Waals surface area contributed by atoms with E-state index in [4.69, 9.17) is 5.73 Å². The van der Waals surface area contributed by atoms with E-state index in [1.165, 1.54) is 0 Å². The van der Waals surface area contributed by atoms with E-state index in [1.54, 1.807) is 6.20 Å². The van der Waals surface area contributed by atoms with Crippen molar-refractivity contribution in [3.8, 4) is 0 Å². The van der Waals surface area contributed by atoms with E-state index in [1.807, 2.05) is 17.8 Å². The first kappa shape index (κ1) is 7.75. The van der Waals surface area contributed by atoms with Crippen LogP contribution in [0.1, 0.15) is 6.92 Å². The lowest BCUT2D eigenvalue weighted by Gasteiger charge is -2.02. The minimum atomic E-state index is 0.159. The molecule has 1 atom stereocenters. The van der Waals surface area contributed by atoms with Crippen molar-refractivity contribution >= 4 is 15.9 Å². The molecule has 1 heterocycles. The summed E-state index contributed by atoms with van der Waals surface area (Å²) in [5.41, 5.74) is 5.56. The number of hydrogen-bond donors (Lipinski definition) is 1. The van der Waals surface area contributed by atoms with Crippen LogP contribution >= 0.6 is 15.9 Å². The Kier molecular flexibility index (Phi) is 2.45. The largest absolute Gasteiger partial charge is 0.326 e. The second-order valence-electron chi connectivity index (χ2n) is 2.36. The van der Waals surface area contributed by atoms with Gasteiger partial charge in [0.15, 0.2) is 0 Å². The summed E-state index contributed by atoms with van der Waals surface area (Å²) in [7, 11) is 0. The number of halogens is 1. The zero-order valence-electron chi connectivity index (χ0n) is 5.79. The van der Waals surface area contributed by atoms with Crippen LogP contribution in [0.5, 0.6) is 0 Å². The molecule has 0 aliphatic heterocycles. The zero-order chi connectivity index (χ0) is 7.56. The van der Waals surface area contributed by atoms with Gasteiger partial charge in [-0.2, -0.15) is 5.10 Å². The first-order valence-corrected chi connectivity index (χ1v) is 3.91. The summed E-state index contributed by atoms with van der Waals surface area (Å²) in [5.74, 6) is 0. The van der Waals surface area contributed by atoms with Crippen LogP contribution < -0.4 is 5.73 Å². The molecule has 10 heavy (non-hydrogen) atoms. The Labute approximate surface area is 68.3 Å². The third-order valence-corrected chi connectivity index (χ3v) is 1.49. The first-order valence-electron chi connectivity index (χ1n) is 3.12. The lowest BCUT2D eigenvalue weighted by Crippen LogP contribution is -2.22. The molecular formula is C6H10BrN3. The molecule has 0 fully saturated rings. The van der Waals surface area contributed by atoms with Crippen molar-refractivity contribution < 1.29 is 0 Å². The first-order chi connectivity index (χ1) is 4.68. The van der Waals surface area contributed by atoms with E-state index < -0.39 is 0 Å². The van der Waals surface area contributed by atoms with Crippen LogP contribution in [0.4, 0.5) is 0 Å². The molecule has 0 saturated heterocycles. The standard InChI is InChI=1S/C6H10BrN3/c1-5(8)3-10-4-6(7)2-9-10/h2,4-5H,3,8H2,1H3. The third kappa shape index (κ3) is 2.11. The van der Waals surface area contributed by atoms with Crippen molar-refractivity contribution in [3.05, 3.63) is 16.9 Å². The lowest BCUT2D eigenvalue weighted by atomic mass is 10.4. The van der Waals surface area contributed by atoms with Crippen LogP contribution in [0, 0.1) is 0 Å². The third-order valence-electron chi connectivity index (χ3n) is 1.08. The molecule has 0 saturated carbocycles. The number of nitrogens with zero attached hydrogens (tertiary/aromatic N) is 2. The second-order valence-corrected chi connectivity index (χ2v) is 3.27. The smallest absolute Gasteiger partial charge is 0.0632 e. The summed E-state index contributed by atoms with van der Waals surface area (Å²) in [6.45, 7) is 2.72. The molecule has 0 aromatic carbocycles. The van der Waals surface area contributed by atoms with Crippen molar-refractivity contribution in [3.63, 3.8) is 0 Å². The molecule has 56 valence electrons. The molecule has 4 heteroatoms. The number of aromatic nitrogens is 2. The van der Waals surface area contributed by atoms with Crippen LogP contribution in [-0.4, -0.2) is 15.8 Å². The van der Waals surface area contributed by atoms with Gasteiger partial charge in [-0.1, -0.05) is 0 Å². The summed E-state index contributed by atoms with van der Waals surface area (Å²) in [6, 6.07) is 0.159. The molecule has 0 amide bonds. The van der Waals surface area contributed by atoms with Gasteiger partial charge in [-0.25, -0.2) is 0 Å². The predicted molar refractivity (Wildman–Crippen MR) is 43.6 cm³/mol. The van der Waals surface area contributed by atoms with Gasteiger partial charge in [0.25, 0.3) is 0 Å². The molecule has 0 bridgehead atoms. The highest BCUT2D eigenvalue weighted by Gasteiger charge is 1.96.